The molecule has 0 aliphatic heterocycles. The van der Waals surface area contributed by atoms with Crippen LogP contribution in [0.25, 0.3) is 11.4 Å². The third-order valence-electron chi connectivity index (χ3n) is 5.29. The van der Waals surface area contributed by atoms with Crippen molar-refractivity contribution >= 4 is 17.7 Å². The van der Waals surface area contributed by atoms with E-state index in [1.807, 2.05) is 0 Å². The van der Waals surface area contributed by atoms with Crippen molar-refractivity contribution in [2.75, 3.05) is 12.3 Å². The fourth-order valence-electron chi connectivity index (χ4n) is 3.94. The summed E-state index contributed by atoms with van der Waals surface area (Å²) < 4.78 is 4.99. The van der Waals surface area contributed by atoms with Crippen LogP contribution in [0, 0.1) is 0 Å². The lowest BCUT2D eigenvalue weighted by atomic mass is 9.72. The molecule has 4 rings (SSSR count). The molecule has 0 radical (unpaired) electrons. The summed E-state index contributed by atoms with van der Waals surface area (Å²) in [6.07, 6.45) is 2.60. The maximum absolute atomic E-state index is 13.1. The van der Waals surface area contributed by atoms with Gasteiger partial charge in [-0.2, -0.15) is 5.10 Å². The van der Waals surface area contributed by atoms with Gasteiger partial charge in [0.1, 0.15) is 11.4 Å². The molecule has 0 fully saturated rings. The Morgan fingerprint density at radius 1 is 1.20 bits per heavy atom. The third-order valence-corrected chi connectivity index (χ3v) is 5.29. The molecule has 0 saturated carbocycles. The van der Waals surface area contributed by atoms with Gasteiger partial charge in [-0.05, 0) is 42.0 Å². The Morgan fingerprint density at radius 2 is 1.93 bits per heavy atom. The van der Waals surface area contributed by atoms with Gasteiger partial charge in [0.05, 0.1) is 17.9 Å². The highest BCUT2D eigenvalue weighted by Crippen LogP contribution is 2.42. The molecule has 8 nitrogen and oxygen atoms in total. The van der Waals surface area contributed by atoms with Gasteiger partial charge < -0.3 is 10.5 Å². The minimum Gasteiger partial charge on any atom is -0.462 e. The van der Waals surface area contributed by atoms with Gasteiger partial charge in [0.15, 0.2) is 5.78 Å². The van der Waals surface area contributed by atoms with E-state index in [2.05, 4.69) is 34.0 Å². The Morgan fingerprint density at radius 3 is 2.63 bits per heavy atom. The predicted octanol–water partition coefficient (Wildman–Crippen LogP) is 2.88. The molecule has 1 aliphatic carbocycles. The number of carbonyl (C=O) groups is 2. The highest BCUT2D eigenvalue weighted by atomic mass is 16.5. The molecule has 0 bridgehead atoms. The fraction of sp³-hybridized carbons (Fsp3) is 0.318. The smallest absolute Gasteiger partial charge is 0.338 e. The molecule has 1 aromatic carbocycles. The molecule has 0 spiro atoms. The molecular formula is C22H23N5O3. The van der Waals surface area contributed by atoms with Crippen LogP contribution in [-0.2, 0) is 23.0 Å². The van der Waals surface area contributed by atoms with Crippen molar-refractivity contribution < 1.29 is 14.3 Å². The van der Waals surface area contributed by atoms with Crippen molar-refractivity contribution in [2.24, 2.45) is 0 Å². The Hall–Kier alpha value is -3.55. The van der Waals surface area contributed by atoms with Crippen LogP contribution in [0.2, 0.25) is 0 Å². The van der Waals surface area contributed by atoms with Gasteiger partial charge in [-0.15, -0.1) is 0 Å². The number of anilines is 1. The van der Waals surface area contributed by atoms with Crippen LogP contribution in [0.1, 0.15) is 58.3 Å². The average Bonchev–Trinajstić information content (AvgIpc) is 3.16. The van der Waals surface area contributed by atoms with Crippen LogP contribution in [0.15, 0.2) is 30.5 Å². The first-order chi connectivity index (χ1) is 14.3. The van der Waals surface area contributed by atoms with Crippen molar-refractivity contribution in [2.45, 2.75) is 39.0 Å². The Balaban J connectivity index is 1.63. The van der Waals surface area contributed by atoms with Gasteiger partial charge in [-0.25, -0.2) is 14.8 Å². The maximum atomic E-state index is 13.1. The first-order valence-electron chi connectivity index (χ1n) is 9.80. The van der Waals surface area contributed by atoms with Gasteiger partial charge in [0.25, 0.3) is 0 Å². The number of H-pyrrole nitrogens is 1. The van der Waals surface area contributed by atoms with E-state index >= 15 is 0 Å². The molecule has 30 heavy (non-hydrogen) atoms. The number of nitrogens with one attached hydrogen (secondary N) is 1. The second-order valence-electron chi connectivity index (χ2n) is 8.00. The zero-order valence-corrected chi connectivity index (χ0v) is 17.2. The first-order valence-corrected chi connectivity index (χ1v) is 9.80. The van der Waals surface area contributed by atoms with E-state index in [1.54, 1.807) is 37.4 Å². The first kappa shape index (κ1) is 19.8. The predicted molar refractivity (Wildman–Crippen MR) is 111 cm³/mol. The Labute approximate surface area is 173 Å². The second kappa shape index (κ2) is 7.37. The van der Waals surface area contributed by atoms with E-state index in [9.17, 15) is 9.59 Å². The zero-order valence-electron chi connectivity index (χ0n) is 17.2. The number of esters is 1. The number of aromatic amines is 1. The lowest BCUT2D eigenvalue weighted by molar-refractivity contribution is 0.0526. The monoisotopic (exact) mass is 405 g/mol. The number of benzene rings is 1. The van der Waals surface area contributed by atoms with Gasteiger partial charge in [0, 0.05) is 18.2 Å². The van der Waals surface area contributed by atoms with E-state index in [0.29, 0.717) is 35.7 Å². The largest absolute Gasteiger partial charge is 0.462 e. The third kappa shape index (κ3) is 3.45. The maximum Gasteiger partial charge on any atom is 0.338 e. The average molecular weight is 405 g/mol. The number of hydrogen-bond acceptors (Lipinski definition) is 7. The SMILES string of the molecule is CCOC(=O)c1ccc(CC(=O)c2[nH]nc3c2C(C)(C)Cc2cnc(N)nc2-3)cc1. The summed E-state index contributed by atoms with van der Waals surface area (Å²) in [7, 11) is 0. The fourth-order valence-corrected chi connectivity index (χ4v) is 3.94. The molecule has 8 heteroatoms. The summed E-state index contributed by atoms with van der Waals surface area (Å²) in [5.41, 5.74) is 10.3. The number of ketones is 1. The van der Waals surface area contributed by atoms with Gasteiger partial charge >= 0.3 is 5.97 Å². The van der Waals surface area contributed by atoms with Crippen LogP contribution >= 0.6 is 0 Å². The molecule has 0 atom stereocenters. The van der Waals surface area contributed by atoms with Crippen molar-refractivity contribution in [3.8, 4) is 11.4 Å². The van der Waals surface area contributed by atoms with Crippen molar-refractivity contribution in [3.63, 3.8) is 0 Å². The zero-order chi connectivity index (χ0) is 21.5. The van der Waals surface area contributed by atoms with Crippen LogP contribution in [0.4, 0.5) is 5.95 Å². The standard InChI is InChI=1S/C22H23N5O3/c1-4-30-20(29)13-7-5-12(6-8-13)9-15(28)18-16-19(27-26-18)17-14(10-22(16,2)3)11-24-21(23)25-17/h5-8,11H,4,9-10H2,1-3H3,(H,26,27)(H2,23,24,25). The molecule has 1 aliphatic rings. The van der Waals surface area contributed by atoms with Crippen LogP contribution in [-0.4, -0.2) is 38.5 Å². The topological polar surface area (TPSA) is 124 Å². The van der Waals surface area contributed by atoms with Crippen LogP contribution in [0.5, 0.6) is 0 Å². The van der Waals surface area contributed by atoms with E-state index in [-0.39, 0.29) is 29.5 Å². The number of nitrogen functional groups attached to an aromatic ring is 1. The van der Waals surface area contributed by atoms with E-state index in [0.717, 1.165) is 16.7 Å². The molecular weight excluding hydrogens is 382 g/mol. The minimum absolute atomic E-state index is 0.0776. The number of rotatable bonds is 5. The van der Waals surface area contributed by atoms with Crippen molar-refractivity contribution in [1.29, 1.82) is 0 Å². The van der Waals surface area contributed by atoms with Crippen molar-refractivity contribution in [1.82, 2.24) is 20.2 Å². The molecule has 2 heterocycles. The number of nitrogens with zero attached hydrogens (tertiary/aromatic N) is 3. The molecule has 0 saturated heterocycles. The molecule has 3 aromatic rings. The second-order valence-corrected chi connectivity index (χ2v) is 8.00. The van der Waals surface area contributed by atoms with Crippen LogP contribution < -0.4 is 5.73 Å². The van der Waals surface area contributed by atoms with Gasteiger partial charge in [-0.3, -0.25) is 9.89 Å². The lowest BCUT2D eigenvalue weighted by Gasteiger charge is -2.30. The van der Waals surface area contributed by atoms with E-state index in [1.165, 1.54) is 0 Å². The quantitative estimate of drug-likeness (QED) is 0.494. The Bertz CT molecular complexity index is 1130. The number of fused-ring (bicyclic) bond motifs is 3. The summed E-state index contributed by atoms with van der Waals surface area (Å²) in [6, 6.07) is 6.87. The normalized spacial score (nSPS) is 14.0. The summed E-state index contributed by atoms with van der Waals surface area (Å²) in [5, 5.41) is 7.33. The number of Topliss-reactive ketones (excluding diaryl/α,β-unsaturated/α-hetero) is 1. The van der Waals surface area contributed by atoms with Crippen molar-refractivity contribution in [3.05, 3.63) is 58.4 Å². The number of ether oxygens (including phenoxy) is 1. The Kier molecular flexibility index (Phi) is 4.85. The summed E-state index contributed by atoms with van der Waals surface area (Å²) in [4.78, 5) is 33.4. The van der Waals surface area contributed by atoms with E-state index in [4.69, 9.17) is 10.5 Å². The lowest BCUT2D eigenvalue weighted by Crippen LogP contribution is -2.28. The molecule has 154 valence electrons. The minimum atomic E-state index is -0.375. The molecule has 0 unspecified atom stereocenters. The summed E-state index contributed by atoms with van der Waals surface area (Å²) in [5.74, 6) is -0.275. The van der Waals surface area contributed by atoms with Gasteiger partial charge in [-0.1, -0.05) is 26.0 Å². The van der Waals surface area contributed by atoms with Crippen LogP contribution in [0.3, 0.4) is 0 Å². The molecule has 3 N–H and O–H groups in total. The number of nitrogens with two attached hydrogens (primary N) is 1. The number of aromatic nitrogens is 4. The highest BCUT2D eigenvalue weighted by Gasteiger charge is 2.38. The summed E-state index contributed by atoms with van der Waals surface area (Å²) in [6.45, 7) is 6.23. The molecule has 2 aromatic heterocycles. The highest BCUT2D eigenvalue weighted by molar-refractivity contribution is 5.99. The van der Waals surface area contributed by atoms with E-state index < -0.39 is 0 Å². The van der Waals surface area contributed by atoms with Gasteiger partial charge in [0.2, 0.25) is 5.95 Å². The number of carbonyl (C=O) groups excluding carboxylic acids is 2. The summed E-state index contributed by atoms with van der Waals surface area (Å²) >= 11 is 0. The molecule has 0 amide bonds. The number of hydrogen-bond donors (Lipinski definition) is 2.